The van der Waals surface area contributed by atoms with E-state index in [0.717, 1.165) is 5.69 Å². The fourth-order valence-corrected chi connectivity index (χ4v) is 0.591. The Kier molecular flexibility index (Phi) is 2.31. The molecule has 0 spiro atoms. The van der Waals surface area contributed by atoms with Crippen molar-refractivity contribution in [3.8, 4) is 0 Å². The van der Waals surface area contributed by atoms with Crippen molar-refractivity contribution in [3.63, 3.8) is 0 Å². The molecule has 0 amide bonds. The topological polar surface area (TPSA) is 33.6 Å². The molecule has 0 aliphatic rings. The number of rotatable bonds is 3. The third kappa shape index (κ3) is 1.78. The summed E-state index contributed by atoms with van der Waals surface area (Å²) in [4.78, 5) is 4.48. The molecule has 1 aromatic carbocycles. The molecule has 0 bridgehead atoms. The van der Waals surface area contributed by atoms with E-state index in [9.17, 15) is 0 Å². The Balaban J connectivity index is 2.50. The van der Waals surface area contributed by atoms with Crippen LogP contribution in [0.5, 0.6) is 0 Å². The van der Waals surface area contributed by atoms with E-state index >= 15 is 0 Å². The Morgan fingerprint density at radius 2 is 2.00 bits per heavy atom. The van der Waals surface area contributed by atoms with E-state index in [4.69, 9.17) is 0 Å². The maximum Gasteiger partial charge on any atom is 0.0741 e. The lowest BCUT2D eigenvalue weighted by atomic mass is 10.3. The average Bonchev–Trinajstić information content (AvgIpc) is 2.03. The van der Waals surface area contributed by atoms with Crippen LogP contribution < -0.4 is 5.48 Å². The van der Waals surface area contributed by atoms with Crippen molar-refractivity contribution in [1.82, 2.24) is 0 Å². The number of anilines is 1. The van der Waals surface area contributed by atoms with Gasteiger partial charge in [0.05, 0.1) is 5.69 Å². The molecule has 0 saturated carbocycles. The molecule has 1 aromatic rings. The van der Waals surface area contributed by atoms with Crippen molar-refractivity contribution in [3.05, 3.63) is 30.3 Å². The predicted molar refractivity (Wildman–Crippen MR) is 40.7 cm³/mol. The fourth-order valence-electron chi connectivity index (χ4n) is 0.591. The lowest BCUT2D eigenvalue weighted by molar-refractivity contribution is 0.211. The van der Waals surface area contributed by atoms with Crippen LogP contribution >= 0.6 is 0 Å². The van der Waals surface area contributed by atoms with E-state index in [1.165, 1.54) is 0 Å². The zero-order chi connectivity index (χ0) is 7.23. The summed E-state index contributed by atoms with van der Waals surface area (Å²) >= 11 is 0. The van der Waals surface area contributed by atoms with E-state index in [0.29, 0.717) is 0 Å². The minimum atomic E-state index is 0.856. The average molecular weight is 136 g/mol. The van der Waals surface area contributed by atoms with Crippen LogP contribution in [0.2, 0.25) is 0 Å². The molecular formula is C7H8N2O. The van der Waals surface area contributed by atoms with Crippen LogP contribution in [0.15, 0.2) is 35.5 Å². The summed E-state index contributed by atoms with van der Waals surface area (Å²) in [5.74, 6) is 0. The summed E-state index contributed by atoms with van der Waals surface area (Å²) in [6, 6.07) is 9.45. The second-order valence-corrected chi connectivity index (χ2v) is 1.69. The zero-order valence-corrected chi connectivity index (χ0v) is 5.45. The Morgan fingerprint density at radius 3 is 2.60 bits per heavy atom. The van der Waals surface area contributed by atoms with Gasteiger partial charge in [0.1, 0.15) is 0 Å². The first-order valence-corrected chi connectivity index (χ1v) is 2.86. The molecule has 0 unspecified atom stereocenters. The number of hydrogen-bond acceptors (Lipinski definition) is 3. The first kappa shape index (κ1) is 6.61. The zero-order valence-electron chi connectivity index (χ0n) is 5.45. The molecule has 52 valence electrons. The summed E-state index contributed by atoms with van der Waals surface area (Å²) in [5, 5.41) is 3.17. The molecule has 1 N–H and O–H groups in total. The predicted octanol–water partition coefficient (Wildman–Crippen LogP) is 1.65. The number of hydrogen-bond donors (Lipinski definition) is 1. The van der Waals surface area contributed by atoms with Crippen molar-refractivity contribution in [2.45, 2.75) is 0 Å². The van der Waals surface area contributed by atoms with Gasteiger partial charge in [-0.05, 0) is 12.1 Å². The van der Waals surface area contributed by atoms with E-state index in [-0.39, 0.29) is 0 Å². The molecule has 0 saturated heterocycles. The van der Waals surface area contributed by atoms with Crippen LogP contribution in [0.3, 0.4) is 0 Å². The van der Waals surface area contributed by atoms with Gasteiger partial charge in [-0.15, -0.1) is 0 Å². The van der Waals surface area contributed by atoms with Crippen molar-refractivity contribution < 1.29 is 4.94 Å². The SMILES string of the molecule is C=NONc1ccccc1. The molecule has 0 aliphatic carbocycles. The van der Waals surface area contributed by atoms with Gasteiger partial charge in [-0.2, -0.15) is 5.48 Å². The second kappa shape index (κ2) is 3.50. The van der Waals surface area contributed by atoms with Crippen LogP contribution in [0, 0.1) is 0 Å². The first-order chi connectivity index (χ1) is 4.93. The molecule has 10 heavy (non-hydrogen) atoms. The van der Waals surface area contributed by atoms with Crippen LogP contribution in [-0.4, -0.2) is 6.72 Å². The summed E-state index contributed by atoms with van der Waals surface area (Å²) in [5.41, 5.74) is 3.42. The van der Waals surface area contributed by atoms with E-state index < -0.39 is 0 Å². The summed E-state index contributed by atoms with van der Waals surface area (Å²) in [7, 11) is 0. The quantitative estimate of drug-likeness (QED) is 0.506. The molecule has 0 aliphatic heterocycles. The van der Waals surface area contributed by atoms with Gasteiger partial charge in [-0.25, -0.2) is 0 Å². The Morgan fingerprint density at radius 1 is 1.30 bits per heavy atom. The van der Waals surface area contributed by atoms with E-state index in [1.807, 2.05) is 30.3 Å². The molecule has 0 fully saturated rings. The van der Waals surface area contributed by atoms with Crippen LogP contribution in [0.25, 0.3) is 0 Å². The van der Waals surface area contributed by atoms with Crippen molar-refractivity contribution >= 4 is 12.4 Å². The van der Waals surface area contributed by atoms with Gasteiger partial charge in [0.2, 0.25) is 0 Å². The maximum atomic E-state index is 4.48. The normalized spacial score (nSPS) is 8.40. The van der Waals surface area contributed by atoms with Crippen molar-refractivity contribution in [2.75, 3.05) is 5.48 Å². The third-order valence-electron chi connectivity index (χ3n) is 1.00. The number of nitrogens with zero attached hydrogens (tertiary/aromatic N) is 1. The molecule has 0 heterocycles. The van der Waals surface area contributed by atoms with Crippen molar-refractivity contribution in [1.29, 1.82) is 0 Å². The molecule has 1 rings (SSSR count). The minimum absolute atomic E-state index is 0.856. The molecule has 3 nitrogen and oxygen atoms in total. The van der Waals surface area contributed by atoms with Gasteiger partial charge >= 0.3 is 0 Å². The molecular weight excluding hydrogens is 128 g/mol. The third-order valence-corrected chi connectivity index (χ3v) is 1.00. The fraction of sp³-hybridized carbons (Fsp3) is 0. The van der Waals surface area contributed by atoms with Gasteiger partial charge in [-0.1, -0.05) is 23.4 Å². The largest absolute Gasteiger partial charge is 0.271 e. The lowest BCUT2D eigenvalue weighted by Crippen LogP contribution is -1.92. The van der Waals surface area contributed by atoms with Crippen molar-refractivity contribution in [2.24, 2.45) is 5.16 Å². The van der Waals surface area contributed by atoms with Crippen LogP contribution in [0.4, 0.5) is 5.69 Å². The number of nitrogens with one attached hydrogen (secondary N) is 1. The lowest BCUT2D eigenvalue weighted by Gasteiger charge is -1.99. The smallest absolute Gasteiger partial charge is 0.0741 e. The second-order valence-electron chi connectivity index (χ2n) is 1.69. The highest BCUT2D eigenvalue weighted by molar-refractivity contribution is 5.40. The Bertz CT molecular complexity index is 198. The highest BCUT2D eigenvalue weighted by Gasteiger charge is 1.84. The summed E-state index contributed by atoms with van der Waals surface area (Å²) in [6.45, 7) is 3.14. The van der Waals surface area contributed by atoms with Crippen LogP contribution in [-0.2, 0) is 4.94 Å². The van der Waals surface area contributed by atoms with Gasteiger partial charge in [0.25, 0.3) is 0 Å². The number of oxime groups is 1. The van der Waals surface area contributed by atoms with E-state index in [1.54, 1.807) is 0 Å². The number of para-hydroxylation sites is 1. The highest BCUT2D eigenvalue weighted by Crippen LogP contribution is 2.03. The highest BCUT2D eigenvalue weighted by atomic mass is 16.8. The molecule has 0 aromatic heterocycles. The molecule has 0 radical (unpaired) electrons. The Hall–Kier alpha value is -1.51. The van der Waals surface area contributed by atoms with Gasteiger partial charge in [0, 0.05) is 6.72 Å². The molecule has 0 atom stereocenters. The summed E-state index contributed by atoms with van der Waals surface area (Å²) < 4.78 is 0. The summed E-state index contributed by atoms with van der Waals surface area (Å²) in [6.07, 6.45) is 0. The Labute approximate surface area is 59.3 Å². The maximum absolute atomic E-state index is 4.48. The number of benzene rings is 1. The monoisotopic (exact) mass is 136 g/mol. The molecule has 3 heteroatoms. The van der Waals surface area contributed by atoms with E-state index in [2.05, 4.69) is 22.3 Å². The van der Waals surface area contributed by atoms with Gasteiger partial charge in [0.15, 0.2) is 0 Å². The first-order valence-electron chi connectivity index (χ1n) is 2.86. The minimum Gasteiger partial charge on any atom is -0.271 e. The van der Waals surface area contributed by atoms with Gasteiger partial charge in [-0.3, -0.25) is 4.94 Å². The van der Waals surface area contributed by atoms with Gasteiger partial charge < -0.3 is 0 Å². The van der Waals surface area contributed by atoms with Crippen LogP contribution in [0.1, 0.15) is 0 Å². The standard InChI is InChI=1S/C7H8N2O/c1-8-10-9-7-5-3-2-4-6-7/h2-6,9H,1H2.